The Hall–Kier alpha value is -1.11. The third-order valence-corrected chi connectivity index (χ3v) is 4.18. The zero-order chi connectivity index (χ0) is 14.2. The van der Waals surface area contributed by atoms with Crippen molar-refractivity contribution in [3.05, 3.63) is 0 Å². The molecular weight excluding hydrogens is 258 g/mol. The third-order valence-electron chi connectivity index (χ3n) is 3.05. The van der Waals surface area contributed by atoms with Gasteiger partial charge in [-0.1, -0.05) is 0 Å². The molecule has 1 saturated carbocycles. The molecule has 0 saturated heterocycles. The first-order valence-electron chi connectivity index (χ1n) is 5.68. The number of aliphatic carboxylic acids is 1. The van der Waals surface area contributed by atoms with Crippen molar-refractivity contribution >= 4 is 21.7 Å². The number of carboxylic acid groups (broad SMARTS) is 1. The predicted molar refractivity (Wildman–Crippen MR) is 65.9 cm³/mol. The molecule has 0 aliphatic heterocycles. The van der Waals surface area contributed by atoms with Gasteiger partial charge in [-0.3, -0.25) is 4.79 Å². The van der Waals surface area contributed by atoms with Crippen LogP contribution in [0, 0.1) is 5.41 Å². The maximum atomic E-state index is 11.7. The molecule has 7 heteroatoms. The molecule has 18 heavy (non-hydrogen) atoms. The van der Waals surface area contributed by atoms with Gasteiger partial charge in [0.2, 0.25) is 5.91 Å². The highest BCUT2D eigenvalue weighted by Crippen LogP contribution is 2.49. The largest absolute Gasteiger partial charge is 0.480 e. The number of amides is 1. The summed E-state index contributed by atoms with van der Waals surface area (Å²) in [6, 6.07) is 0. The second kappa shape index (κ2) is 4.53. The molecule has 0 spiro atoms. The minimum atomic E-state index is -3.12. The molecule has 1 aliphatic carbocycles. The molecule has 2 N–H and O–H groups in total. The van der Waals surface area contributed by atoms with Crippen molar-refractivity contribution in [3.63, 3.8) is 0 Å². The van der Waals surface area contributed by atoms with Gasteiger partial charge in [0, 0.05) is 12.7 Å². The topological polar surface area (TPSA) is 101 Å². The molecule has 0 atom stereocenters. The highest BCUT2D eigenvalue weighted by Gasteiger charge is 2.47. The molecule has 1 fully saturated rings. The molecule has 1 amide bonds. The number of carboxylic acids is 1. The second-order valence-corrected chi connectivity index (χ2v) is 7.87. The second-order valence-electron chi connectivity index (χ2n) is 5.73. The van der Waals surface area contributed by atoms with Crippen molar-refractivity contribution in [3.8, 4) is 0 Å². The van der Waals surface area contributed by atoms with Crippen molar-refractivity contribution in [2.24, 2.45) is 5.41 Å². The van der Waals surface area contributed by atoms with Crippen LogP contribution in [0.25, 0.3) is 0 Å². The standard InChI is InChI=1S/C11H19NO5S/c1-10(2,9(14)15)12-8(13)6-11(4-5-11)7-18(3,16)17/h4-7H2,1-3H3,(H,12,13)(H,14,15). The molecule has 0 heterocycles. The zero-order valence-corrected chi connectivity index (χ0v) is 11.6. The highest BCUT2D eigenvalue weighted by molar-refractivity contribution is 7.90. The third kappa shape index (κ3) is 4.29. The molecule has 0 unspecified atom stereocenters. The fourth-order valence-electron chi connectivity index (χ4n) is 1.89. The van der Waals surface area contributed by atoms with E-state index in [4.69, 9.17) is 5.11 Å². The van der Waals surface area contributed by atoms with E-state index in [1.165, 1.54) is 13.8 Å². The van der Waals surface area contributed by atoms with E-state index in [-0.39, 0.29) is 12.2 Å². The van der Waals surface area contributed by atoms with Crippen molar-refractivity contribution in [1.29, 1.82) is 0 Å². The lowest BCUT2D eigenvalue weighted by molar-refractivity contribution is -0.146. The Balaban J connectivity index is 2.59. The lowest BCUT2D eigenvalue weighted by Gasteiger charge is -2.22. The molecule has 0 radical (unpaired) electrons. The summed E-state index contributed by atoms with van der Waals surface area (Å²) in [5, 5.41) is 11.3. The fourth-order valence-corrected chi connectivity index (χ4v) is 3.40. The van der Waals surface area contributed by atoms with E-state index in [0.29, 0.717) is 12.8 Å². The van der Waals surface area contributed by atoms with E-state index in [1.807, 2.05) is 0 Å². The van der Waals surface area contributed by atoms with Crippen LogP contribution in [0.1, 0.15) is 33.1 Å². The molecule has 6 nitrogen and oxygen atoms in total. The van der Waals surface area contributed by atoms with Crippen LogP contribution in [-0.2, 0) is 19.4 Å². The van der Waals surface area contributed by atoms with E-state index >= 15 is 0 Å². The van der Waals surface area contributed by atoms with E-state index in [0.717, 1.165) is 6.26 Å². The van der Waals surface area contributed by atoms with Crippen molar-refractivity contribution in [2.75, 3.05) is 12.0 Å². The number of hydrogen-bond acceptors (Lipinski definition) is 4. The fraction of sp³-hybridized carbons (Fsp3) is 0.818. The summed E-state index contributed by atoms with van der Waals surface area (Å²) in [4.78, 5) is 22.6. The molecule has 0 aromatic carbocycles. The Kier molecular flexibility index (Phi) is 3.76. The van der Waals surface area contributed by atoms with Crippen molar-refractivity contribution in [1.82, 2.24) is 5.32 Å². The van der Waals surface area contributed by atoms with E-state index < -0.39 is 32.7 Å². The molecular formula is C11H19NO5S. The summed E-state index contributed by atoms with van der Waals surface area (Å²) in [5.41, 5.74) is -1.81. The van der Waals surface area contributed by atoms with E-state index in [9.17, 15) is 18.0 Å². The summed E-state index contributed by atoms with van der Waals surface area (Å²) < 4.78 is 22.5. The molecule has 0 aromatic heterocycles. The number of sulfone groups is 1. The van der Waals surface area contributed by atoms with Crippen LogP contribution < -0.4 is 5.32 Å². The van der Waals surface area contributed by atoms with Crippen LogP contribution in [0.15, 0.2) is 0 Å². The van der Waals surface area contributed by atoms with Gasteiger partial charge in [0.15, 0.2) is 0 Å². The average molecular weight is 277 g/mol. The quantitative estimate of drug-likeness (QED) is 0.721. The SMILES string of the molecule is CC(C)(NC(=O)CC1(CS(C)(=O)=O)CC1)C(=O)O. The van der Waals surface area contributed by atoms with Crippen LogP contribution in [-0.4, -0.2) is 42.9 Å². The van der Waals surface area contributed by atoms with E-state index in [2.05, 4.69) is 5.32 Å². The number of carbonyl (C=O) groups is 2. The summed E-state index contributed by atoms with van der Waals surface area (Å²) in [6.45, 7) is 2.78. The first-order chi connectivity index (χ1) is 7.96. The van der Waals surface area contributed by atoms with E-state index in [1.54, 1.807) is 0 Å². The van der Waals surface area contributed by atoms with Gasteiger partial charge in [-0.15, -0.1) is 0 Å². The Morgan fingerprint density at radius 2 is 1.83 bits per heavy atom. The Labute approximate surface area is 107 Å². The summed E-state index contributed by atoms with van der Waals surface area (Å²) in [7, 11) is -3.12. The Morgan fingerprint density at radius 3 is 2.17 bits per heavy atom. The Bertz CT molecular complexity index is 462. The van der Waals surface area contributed by atoms with Crippen LogP contribution >= 0.6 is 0 Å². The molecule has 1 rings (SSSR count). The monoisotopic (exact) mass is 277 g/mol. The van der Waals surface area contributed by atoms with Crippen molar-refractivity contribution in [2.45, 2.75) is 38.6 Å². The first-order valence-corrected chi connectivity index (χ1v) is 7.74. The number of hydrogen-bond donors (Lipinski definition) is 2. The van der Waals surface area contributed by atoms with Gasteiger partial charge in [0.05, 0.1) is 5.75 Å². The molecule has 0 bridgehead atoms. The number of rotatable bonds is 6. The van der Waals surface area contributed by atoms with Crippen LogP contribution in [0.2, 0.25) is 0 Å². The normalized spacial score (nSPS) is 18.2. The van der Waals surface area contributed by atoms with Crippen LogP contribution in [0.5, 0.6) is 0 Å². The number of nitrogens with one attached hydrogen (secondary N) is 1. The summed E-state index contributed by atoms with van der Waals surface area (Å²) in [6.07, 6.45) is 2.60. The summed E-state index contributed by atoms with van der Waals surface area (Å²) in [5.74, 6) is -1.55. The maximum absolute atomic E-state index is 11.7. The van der Waals surface area contributed by atoms with Crippen molar-refractivity contribution < 1.29 is 23.1 Å². The first kappa shape index (κ1) is 14.9. The minimum Gasteiger partial charge on any atom is -0.480 e. The Morgan fingerprint density at radius 1 is 1.33 bits per heavy atom. The van der Waals surface area contributed by atoms with Gasteiger partial charge in [-0.05, 0) is 32.1 Å². The van der Waals surface area contributed by atoms with Gasteiger partial charge in [-0.2, -0.15) is 0 Å². The van der Waals surface area contributed by atoms with Gasteiger partial charge < -0.3 is 10.4 Å². The van der Waals surface area contributed by atoms with Gasteiger partial charge >= 0.3 is 5.97 Å². The molecule has 104 valence electrons. The minimum absolute atomic E-state index is 0.0130. The average Bonchev–Trinajstić information content (AvgIpc) is 2.78. The molecule has 0 aromatic rings. The smallest absolute Gasteiger partial charge is 0.328 e. The lowest BCUT2D eigenvalue weighted by atomic mass is 10.0. The van der Waals surface area contributed by atoms with Crippen LogP contribution in [0.3, 0.4) is 0 Å². The number of carbonyl (C=O) groups excluding carboxylic acids is 1. The zero-order valence-electron chi connectivity index (χ0n) is 10.8. The highest BCUT2D eigenvalue weighted by atomic mass is 32.2. The maximum Gasteiger partial charge on any atom is 0.328 e. The summed E-state index contributed by atoms with van der Waals surface area (Å²) >= 11 is 0. The van der Waals surface area contributed by atoms with Gasteiger partial charge in [0.25, 0.3) is 0 Å². The predicted octanol–water partition coefficient (Wildman–Crippen LogP) is 0.181. The van der Waals surface area contributed by atoms with Crippen LogP contribution in [0.4, 0.5) is 0 Å². The molecule has 1 aliphatic rings. The lowest BCUT2D eigenvalue weighted by Crippen LogP contribution is -2.50. The van der Waals surface area contributed by atoms with Gasteiger partial charge in [-0.25, -0.2) is 13.2 Å². The van der Waals surface area contributed by atoms with Gasteiger partial charge in [0.1, 0.15) is 15.4 Å².